The van der Waals surface area contributed by atoms with Crippen LogP contribution in [0.15, 0.2) is 0 Å². The molecule has 1 aliphatic rings. The maximum absolute atomic E-state index is 11.6. The number of methoxy groups -OCH3 is 2. The van der Waals surface area contributed by atoms with E-state index < -0.39 is 5.54 Å². The van der Waals surface area contributed by atoms with Crippen LogP contribution in [0, 0.1) is 0 Å². The molecule has 5 heteroatoms. The Kier molecular flexibility index (Phi) is 5.36. The molecule has 1 saturated carbocycles. The van der Waals surface area contributed by atoms with Crippen molar-refractivity contribution in [1.82, 2.24) is 0 Å². The maximum Gasteiger partial charge on any atom is 0.325 e. The van der Waals surface area contributed by atoms with Crippen molar-refractivity contribution >= 4 is 5.97 Å². The first-order valence-electron chi connectivity index (χ1n) is 6.03. The second kappa shape index (κ2) is 6.33. The first-order valence-corrected chi connectivity index (χ1v) is 6.03. The van der Waals surface area contributed by atoms with Crippen LogP contribution in [-0.4, -0.2) is 44.5 Å². The molecular weight excluding hydrogens is 222 g/mol. The Morgan fingerprint density at radius 2 is 2.24 bits per heavy atom. The molecule has 1 aliphatic carbocycles. The molecule has 3 unspecified atom stereocenters. The van der Waals surface area contributed by atoms with Crippen molar-refractivity contribution in [3.63, 3.8) is 0 Å². The van der Waals surface area contributed by atoms with Gasteiger partial charge in [0.2, 0.25) is 0 Å². The largest absolute Gasteiger partial charge is 0.468 e. The van der Waals surface area contributed by atoms with E-state index in [0.717, 1.165) is 12.8 Å². The van der Waals surface area contributed by atoms with Crippen LogP contribution in [0.3, 0.4) is 0 Å². The van der Waals surface area contributed by atoms with Crippen LogP contribution in [0.1, 0.15) is 32.6 Å². The van der Waals surface area contributed by atoms with E-state index in [0.29, 0.717) is 19.4 Å². The summed E-state index contributed by atoms with van der Waals surface area (Å²) in [6, 6.07) is 0. The predicted molar refractivity (Wildman–Crippen MR) is 63.6 cm³/mol. The van der Waals surface area contributed by atoms with Crippen molar-refractivity contribution in [2.24, 2.45) is 5.73 Å². The standard InChI is InChI=1S/C12H23NO4/c1-9(8-15-2)17-10-5-4-6-12(13,7-10)11(14)16-3/h9-10H,4-8,13H2,1-3H3. The number of carbonyl (C=O) groups excluding carboxylic acids is 1. The van der Waals surface area contributed by atoms with Gasteiger partial charge in [-0.05, 0) is 26.2 Å². The summed E-state index contributed by atoms with van der Waals surface area (Å²) >= 11 is 0. The third kappa shape index (κ3) is 3.94. The zero-order valence-corrected chi connectivity index (χ0v) is 10.9. The predicted octanol–water partition coefficient (Wildman–Crippen LogP) is 0.851. The molecule has 0 aliphatic heterocycles. The Balaban J connectivity index is 2.51. The lowest BCUT2D eigenvalue weighted by molar-refractivity contribution is -0.152. The second-order valence-electron chi connectivity index (χ2n) is 4.77. The van der Waals surface area contributed by atoms with E-state index >= 15 is 0 Å². The molecule has 3 atom stereocenters. The van der Waals surface area contributed by atoms with Crippen molar-refractivity contribution in [3.8, 4) is 0 Å². The topological polar surface area (TPSA) is 70.8 Å². The van der Waals surface area contributed by atoms with Gasteiger partial charge in [0.05, 0.1) is 25.9 Å². The molecule has 0 heterocycles. The van der Waals surface area contributed by atoms with Gasteiger partial charge in [-0.1, -0.05) is 0 Å². The fraction of sp³-hybridized carbons (Fsp3) is 0.917. The van der Waals surface area contributed by atoms with Gasteiger partial charge < -0.3 is 19.9 Å². The number of rotatable bonds is 5. The summed E-state index contributed by atoms with van der Waals surface area (Å²) in [4.78, 5) is 11.6. The molecule has 0 bridgehead atoms. The Bertz CT molecular complexity index is 259. The third-order valence-electron chi connectivity index (χ3n) is 3.16. The van der Waals surface area contributed by atoms with Crippen LogP contribution in [0.4, 0.5) is 0 Å². The highest BCUT2D eigenvalue weighted by atomic mass is 16.5. The number of carbonyl (C=O) groups is 1. The minimum absolute atomic E-state index is 0.0120. The molecule has 5 nitrogen and oxygen atoms in total. The molecule has 0 radical (unpaired) electrons. The van der Waals surface area contributed by atoms with Gasteiger partial charge in [0.25, 0.3) is 0 Å². The Morgan fingerprint density at radius 1 is 1.53 bits per heavy atom. The molecule has 100 valence electrons. The van der Waals surface area contributed by atoms with Crippen LogP contribution in [0.25, 0.3) is 0 Å². The molecule has 0 aromatic heterocycles. The molecule has 0 saturated heterocycles. The summed E-state index contributed by atoms with van der Waals surface area (Å²) in [5.74, 6) is -0.342. The van der Waals surface area contributed by atoms with Gasteiger partial charge in [-0.2, -0.15) is 0 Å². The summed E-state index contributed by atoms with van der Waals surface area (Å²) in [6.45, 7) is 2.50. The molecule has 1 rings (SSSR count). The van der Waals surface area contributed by atoms with Crippen LogP contribution in [0.5, 0.6) is 0 Å². The summed E-state index contributed by atoms with van der Waals surface area (Å²) in [7, 11) is 3.01. The van der Waals surface area contributed by atoms with E-state index in [9.17, 15) is 4.79 Å². The highest BCUT2D eigenvalue weighted by Gasteiger charge is 2.41. The lowest BCUT2D eigenvalue weighted by Crippen LogP contribution is -2.53. The Labute approximate surface area is 103 Å². The smallest absolute Gasteiger partial charge is 0.325 e. The van der Waals surface area contributed by atoms with Crippen LogP contribution < -0.4 is 5.73 Å². The van der Waals surface area contributed by atoms with Gasteiger partial charge in [-0.3, -0.25) is 4.79 Å². The lowest BCUT2D eigenvalue weighted by Gasteiger charge is -2.36. The Morgan fingerprint density at radius 3 is 2.82 bits per heavy atom. The zero-order chi connectivity index (χ0) is 12.9. The van der Waals surface area contributed by atoms with Crippen molar-refractivity contribution in [2.45, 2.75) is 50.4 Å². The average Bonchev–Trinajstić information content (AvgIpc) is 2.28. The molecule has 0 aromatic carbocycles. The Hall–Kier alpha value is -0.650. The van der Waals surface area contributed by atoms with E-state index in [2.05, 4.69) is 0 Å². The van der Waals surface area contributed by atoms with Gasteiger partial charge in [0.15, 0.2) is 0 Å². The fourth-order valence-corrected chi connectivity index (χ4v) is 2.36. The van der Waals surface area contributed by atoms with E-state index in [1.807, 2.05) is 6.92 Å². The summed E-state index contributed by atoms with van der Waals surface area (Å²) in [5.41, 5.74) is 5.18. The van der Waals surface area contributed by atoms with Crippen LogP contribution >= 0.6 is 0 Å². The molecule has 17 heavy (non-hydrogen) atoms. The number of nitrogens with two attached hydrogens (primary N) is 1. The number of hydrogen-bond acceptors (Lipinski definition) is 5. The van der Waals surface area contributed by atoms with E-state index in [-0.39, 0.29) is 18.2 Å². The second-order valence-corrected chi connectivity index (χ2v) is 4.77. The van der Waals surface area contributed by atoms with Crippen molar-refractivity contribution in [2.75, 3.05) is 20.8 Å². The third-order valence-corrected chi connectivity index (χ3v) is 3.16. The van der Waals surface area contributed by atoms with Gasteiger partial charge in [0, 0.05) is 13.5 Å². The molecule has 2 N–H and O–H groups in total. The summed E-state index contributed by atoms with van der Waals surface area (Å²) in [5, 5.41) is 0. The van der Waals surface area contributed by atoms with E-state index in [4.69, 9.17) is 19.9 Å². The van der Waals surface area contributed by atoms with E-state index in [1.165, 1.54) is 7.11 Å². The first-order chi connectivity index (χ1) is 8.01. The van der Waals surface area contributed by atoms with Crippen LogP contribution in [-0.2, 0) is 19.0 Å². The number of hydrogen-bond donors (Lipinski definition) is 1. The molecule has 0 amide bonds. The molecule has 0 spiro atoms. The normalized spacial score (nSPS) is 30.9. The zero-order valence-electron chi connectivity index (χ0n) is 10.9. The molecule has 0 aromatic rings. The van der Waals surface area contributed by atoms with Gasteiger partial charge >= 0.3 is 5.97 Å². The van der Waals surface area contributed by atoms with Crippen molar-refractivity contribution < 1.29 is 19.0 Å². The molecule has 1 fully saturated rings. The minimum Gasteiger partial charge on any atom is -0.468 e. The average molecular weight is 245 g/mol. The quantitative estimate of drug-likeness (QED) is 0.727. The van der Waals surface area contributed by atoms with Gasteiger partial charge in [0.1, 0.15) is 5.54 Å². The number of ether oxygens (including phenoxy) is 3. The monoisotopic (exact) mass is 245 g/mol. The minimum atomic E-state index is -0.884. The molecular formula is C12H23NO4. The maximum atomic E-state index is 11.6. The number of esters is 1. The van der Waals surface area contributed by atoms with Crippen molar-refractivity contribution in [3.05, 3.63) is 0 Å². The SMILES string of the molecule is COCC(C)OC1CCCC(N)(C(=O)OC)C1. The highest BCUT2D eigenvalue weighted by molar-refractivity contribution is 5.80. The lowest BCUT2D eigenvalue weighted by atomic mass is 9.81. The van der Waals surface area contributed by atoms with Crippen LogP contribution in [0.2, 0.25) is 0 Å². The van der Waals surface area contributed by atoms with Gasteiger partial charge in [-0.25, -0.2) is 0 Å². The fourth-order valence-electron chi connectivity index (χ4n) is 2.36. The first kappa shape index (κ1) is 14.4. The summed E-state index contributed by atoms with van der Waals surface area (Å²) in [6.07, 6.45) is 3.04. The summed E-state index contributed by atoms with van der Waals surface area (Å²) < 4.78 is 15.6. The van der Waals surface area contributed by atoms with E-state index in [1.54, 1.807) is 7.11 Å². The van der Waals surface area contributed by atoms with Crippen molar-refractivity contribution in [1.29, 1.82) is 0 Å². The highest BCUT2D eigenvalue weighted by Crippen LogP contribution is 2.29. The van der Waals surface area contributed by atoms with Gasteiger partial charge in [-0.15, -0.1) is 0 Å².